The molecule has 0 unspecified atom stereocenters. The summed E-state index contributed by atoms with van der Waals surface area (Å²) < 4.78 is 23.8. The van der Waals surface area contributed by atoms with Crippen molar-refractivity contribution in [2.75, 3.05) is 51.7 Å². The number of carbonyl (C=O) groups excluding carboxylic acids is 7. The van der Waals surface area contributed by atoms with E-state index in [4.69, 9.17) is 18.9 Å². The Hall–Kier alpha value is -11.2. The smallest absolute Gasteiger partial charge is 0.413 e. The Morgan fingerprint density at radius 2 is 0.585 bits per heavy atom. The summed E-state index contributed by atoms with van der Waals surface area (Å²) in [6.45, 7) is 9.45. The number of unbranched alkanes of at least 4 members (excludes halogenated alkanes) is 21. The Labute approximate surface area is 621 Å². The van der Waals surface area contributed by atoms with Gasteiger partial charge in [-0.25, -0.2) is 34.7 Å². The molecule has 8 aromatic rings. The van der Waals surface area contributed by atoms with Crippen molar-refractivity contribution in [3.05, 3.63) is 197 Å². The maximum atomic E-state index is 14.3. The zero-order valence-corrected chi connectivity index (χ0v) is 61.5. The lowest BCUT2D eigenvalue weighted by molar-refractivity contribution is 0.0931. The molecule has 560 valence electrons. The van der Waals surface area contributed by atoms with Gasteiger partial charge in [0, 0.05) is 36.4 Å². The van der Waals surface area contributed by atoms with Crippen molar-refractivity contribution in [1.29, 1.82) is 0 Å². The normalized spacial score (nSPS) is 11.2. The van der Waals surface area contributed by atoms with Crippen LogP contribution in [0, 0.1) is 0 Å². The average Bonchev–Trinajstić information content (AvgIpc) is 0.917. The van der Waals surface area contributed by atoms with E-state index in [1.165, 1.54) is 137 Å². The highest BCUT2D eigenvalue weighted by molar-refractivity contribution is 6.08. The molecular formula is C82H101N13O11. The molecule has 0 radical (unpaired) electrons. The Kier molecular flexibility index (Phi) is 34.3. The Balaban J connectivity index is 0.952. The number of nitrogens with one attached hydrogen (secondary N) is 7. The molecule has 7 N–H and O–H groups in total. The number of pyridine rings is 6. The van der Waals surface area contributed by atoms with Crippen molar-refractivity contribution >= 4 is 76.4 Å². The maximum absolute atomic E-state index is 14.3. The highest BCUT2D eigenvalue weighted by Gasteiger charge is 2.23. The van der Waals surface area contributed by atoms with E-state index < -0.39 is 41.5 Å². The van der Waals surface area contributed by atoms with Gasteiger partial charge in [-0.15, -0.1) is 0 Å². The van der Waals surface area contributed by atoms with E-state index >= 15 is 0 Å². The average molecular weight is 1440 g/mol. The first-order valence-corrected chi connectivity index (χ1v) is 37.5. The highest BCUT2D eigenvalue weighted by Crippen LogP contribution is 2.25. The number of carbonyl (C=O) groups is 7. The number of aromatic nitrogens is 6. The minimum absolute atomic E-state index is 0.00141. The van der Waals surface area contributed by atoms with Gasteiger partial charge in [-0.2, -0.15) is 0 Å². The van der Waals surface area contributed by atoms with Crippen LogP contribution in [0.5, 0.6) is 17.2 Å². The van der Waals surface area contributed by atoms with Crippen LogP contribution in [0.3, 0.4) is 0 Å². The number of rotatable bonds is 46. The van der Waals surface area contributed by atoms with Crippen LogP contribution in [0.2, 0.25) is 0 Å². The van der Waals surface area contributed by atoms with Gasteiger partial charge in [0.2, 0.25) is 0 Å². The molecule has 1 atom stereocenters. The summed E-state index contributed by atoms with van der Waals surface area (Å²) >= 11 is 0. The zero-order chi connectivity index (χ0) is 74.9. The quantitative estimate of drug-likeness (QED) is 0.0174. The molecule has 24 nitrogen and oxygen atoms in total. The summed E-state index contributed by atoms with van der Waals surface area (Å²) in [6.07, 6.45) is 25.2. The predicted molar refractivity (Wildman–Crippen MR) is 412 cm³/mol. The minimum Gasteiger partial charge on any atom is -0.493 e. The third-order valence-corrected chi connectivity index (χ3v) is 17.1. The van der Waals surface area contributed by atoms with E-state index in [0.717, 1.165) is 101 Å². The van der Waals surface area contributed by atoms with E-state index in [-0.39, 0.29) is 93.2 Å². The second-order valence-electron chi connectivity index (χ2n) is 26.0. The number of hydrogen-bond donors (Lipinski definition) is 7. The first-order valence-electron chi connectivity index (χ1n) is 37.5. The third-order valence-electron chi connectivity index (χ3n) is 17.1. The van der Waals surface area contributed by atoms with Gasteiger partial charge >= 0.3 is 6.09 Å². The van der Waals surface area contributed by atoms with Gasteiger partial charge in [0.15, 0.2) is 0 Å². The molecule has 0 aliphatic heterocycles. The number of amides is 7. The molecule has 0 bridgehead atoms. The fraction of sp³-hybridized carbons (Fsp3) is 0.402. The lowest BCUT2D eigenvalue weighted by atomic mass is 10.1. The third kappa shape index (κ3) is 28.8. The predicted octanol–water partition coefficient (Wildman–Crippen LogP) is 18.1. The van der Waals surface area contributed by atoms with Gasteiger partial charge in [-0.05, 0) is 73.7 Å². The largest absolute Gasteiger partial charge is 0.493 e. The summed E-state index contributed by atoms with van der Waals surface area (Å²) in [6, 6.07) is 40.8. The maximum Gasteiger partial charge on any atom is 0.413 e. The van der Waals surface area contributed by atoms with Crippen molar-refractivity contribution < 1.29 is 52.5 Å². The summed E-state index contributed by atoms with van der Waals surface area (Å²) in [5, 5.41) is 19.1. The monoisotopic (exact) mass is 1440 g/mol. The van der Waals surface area contributed by atoms with Gasteiger partial charge in [0.05, 0.1) is 25.9 Å². The van der Waals surface area contributed by atoms with Crippen LogP contribution in [0.25, 0.3) is 0 Å². The first-order chi connectivity index (χ1) is 51.7. The summed E-state index contributed by atoms with van der Waals surface area (Å²) in [4.78, 5) is 124. The molecule has 6 aromatic heterocycles. The van der Waals surface area contributed by atoms with Crippen molar-refractivity contribution in [1.82, 2.24) is 35.2 Å². The second-order valence-corrected chi connectivity index (χ2v) is 26.0. The molecular weight excluding hydrogens is 1340 g/mol. The molecule has 2 aromatic carbocycles. The fourth-order valence-electron chi connectivity index (χ4n) is 11.3. The number of nitrogens with zero attached hydrogens (tertiary/aromatic N) is 6. The Morgan fingerprint density at radius 1 is 0.311 bits per heavy atom. The molecule has 6 heterocycles. The van der Waals surface area contributed by atoms with Gasteiger partial charge < -0.3 is 50.8 Å². The molecule has 7 amide bonds. The van der Waals surface area contributed by atoms with E-state index in [0.29, 0.717) is 25.6 Å². The lowest BCUT2D eigenvalue weighted by Gasteiger charge is -2.15. The van der Waals surface area contributed by atoms with Crippen LogP contribution in [0.1, 0.15) is 262 Å². The van der Waals surface area contributed by atoms with Crippen LogP contribution in [-0.4, -0.2) is 91.3 Å². The van der Waals surface area contributed by atoms with Gasteiger partial charge in [0.1, 0.15) is 92.9 Å². The number of ether oxygens (including phenoxy) is 4. The van der Waals surface area contributed by atoms with Crippen LogP contribution in [0.15, 0.2) is 152 Å². The SMILES string of the molecule is CCCCCCCCCCOc1cc(C(=O)Nc2cccc(NC(=O)OCc3ccccc3)n2)nc(C(=O)Nc2cccc(NC(=O)c3cc(OCCCCCCCCCC)cc(C(=O)Nc4cccc(NC(=O)c5cc(OCCCCCCCCCC)cc(C(=O)N[C@@H](C)c6ccccc6)n5)n4)n3)n2)c1. The highest BCUT2D eigenvalue weighted by atomic mass is 16.5. The lowest BCUT2D eigenvalue weighted by Crippen LogP contribution is -2.28. The van der Waals surface area contributed by atoms with Crippen LogP contribution >= 0.6 is 0 Å². The van der Waals surface area contributed by atoms with Gasteiger partial charge in [-0.3, -0.25) is 34.1 Å². The van der Waals surface area contributed by atoms with Crippen LogP contribution in [0.4, 0.5) is 39.7 Å². The molecule has 0 saturated carbocycles. The summed E-state index contributed by atoms with van der Waals surface area (Å²) in [5.41, 5.74) is 0.787. The molecule has 0 fully saturated rings. The van der Waals surface area contributed by atoms with E-state index in [1.54, 1.807) is 18.2 Å². The molecule has 106 heavy (non-hydrogen) atoms. The second kappa shape index (κ2) is 45.1. The topological polar surface area (TPSA) is 318 Å². The molecule has 24 heteroatoms. The van der Waals surface area contributed by atoms with Gasteiger partial charge in [-0.1, -0.05) is 234 Å². The molecule has 0 saturated heterocycles. The molecule has 0 aliphatic carbocycles. The van der Waals surface area contributed by atoms with Gasteiger partial charge in [0.25, 0.3) is 35.4 Å². The van der Waals surface area contributed by atoms with Crippen molar-refractivity contribution in [2.45, 2.75) is 194 Å². The first kappa shape index (κ1) is 80.5. The number of hydrogen-bond acceptors (Lipinski definition) is 17. The van der Waals surface area contributed by atoms with Crippen LogP contribution in [-0.2, 0) is 11.3 Å². The van der Waals surface area contributed by atoms with Crippen LogP contribution < -0.4 is 51.4 Å². The number of anilines is 6. The molecule has 8 rings (SSSR count). The summed E-state index contributed by atoms with van der Waals surface area (Å²) in [7, 11) is 0. The van der Waals surface area contributed by atoms with E-state index in [9.17, 15) is 33.6 Å². The fourth-order valence-corrected chi connectivity index (χ4v) is 11.3. The standard InChI is InChI=1S/C82H101N13O11/c1-5-8-11-14-17-20-23-32-48-103-61-51-64(76(96)83-58(4)60-40-30-27-31-41-60)84-65(52-61)77(97)90-70-42-35-43-71(87-70)91-78(98)66-53-62(104-49-33-24-21-18-15-12-9-6-2)54-67(85-66)79(99)92-72-44-36-45-73(88-72)93-80(100)68-55-63(105-50-34-25-22-19-16-13-10-7-3)56-69(86-68)81(101)94-74-46-37-47-75(89-74)95-82(102)106-57-59-38-28-26-29-39-59/h26-31,35-47,51-56,58H,5-25,32-34,48-50,57H2,1-4H3,(H,83,96)(H2,87,90,91,97,98)(H2,88,92,93,99,100)(H2,89,94,95,101,102)/t58-/m0/s1. The van der Waals surface area contributed by atoms with Crippen molar-refractivity contribution in [3.8, 4) is 17.2 Å². The van der Waals surface area contributed by atoms with E-state index in [2.05, 4.69) is 87.9 Å². The summed E-state index contributed by atoms with van der Waals surface area (Å²) in [5.74, 6) is -3.27. The molecule has 0 spiro atoms. The Bertz CT molecular complexity index is 4110. The Morgan fingerprint density at radius 3 is 0.896 bits per heavy atom. The number of benzene rings is 2. The van der Waals surface area contributed by atoms with E-state index in [1.807, 2.05) is 67.6 Å². The zero-order valence-electron chi connectivity index (χ0n) is 61.5. The minimum atomic E-state index is -0.773. The van der Waals surface area contributed by atoms with Crippen molar-refractivity contribution in [2.24, 2.45) is 0 Å². The molecule has 0 aliphatic rings. The van der Waals surface area contributed by atoms with Crippen molar-refractivity contribution in [3.63, 3.8) is 0 Å².